The van der Waals surface area contributed by atoms with Crippen LogP contribution in [0.1, 0.15) is 36.5 Å². The number of carboxylic acids is 1. The van der Waals surface area contributed by atoms with E-state index in [0.717, 1.165) is 12.8 Å². The van der Waals surface area contributed by atoms with E-state index in [4.69, 9.17) is 4.74 Å². The molecule has 1 aromatic rings. The Hall–Kier alpha value is -2.04. The minimum Gasteiger partial charge on any atom is -0.494 e. The summed E-state index contributed by atoms with van der Waals surface area (Å²) in [5.74, 6) is -0.443. The van der Waals surface area contributed by atoms with E-state index >= 15 is 0 Å². The lowest BCUT2D eigenvalue weighted by Crippen LogP contribution is -2.47. The van der Waals surface area contributed by atoms with Crippen LogP contribution >= 0.6 is 0 Å². The summed E-state index contributed by atoms with van der Waals surface area (Å²) in [5.41, 5.74) is 0.501. The second-order valence-corrected chi connectivity index (χ2v) is 4.81. The van der Waals surface area contributed by atoms with Crippen LogP contribution in [0.15, 0.2) is 24.3 Å². The molecule has 0 aromatic heterocycles. The van der Waals surface area contributed by atoms with Crippen LogP contribution in [0.3, 0.4) is 0 Å². The fourth-order valence-corrected chi connectivity index (χ4v) is 2.46. The number of carbonyl (C=O) groups is 2. The van der Waals surface area contributed by atoms with E-state index in [9.17, 15) is 14.7 Å². The Morgan fingerprint density at radius 2 is 2.00 bits per heavy atom. The number of likely N-dealkylation sites (tertiary alicyclic amines) is 1. The molecular formula is C15H19NO4. The van der Waals surface area contributed by atoms with Crippen molar-refractivity contribution in [2.24, 2.45) is 0 Å². The third kappa shape index (κ3) is 3.10. The van der Waals surface area contributed by atoms with E-state index in [1.807, 2.05) is 6.92 Å². The molecule has 0 spiro atoms. The highest BCUT2D eigenvalue weighted by molar-refractivity contribution is 5.96. The Morgan fingerprint density at radius 1 is 1.30 bits per heavy atom. The highest BCUT2D eigenvalue weighted by Gasteiger charge is 2.32. The Kier molecular flexibility index (Phi) is 4.61. The molecule has 108 valence electrons. The van der Waals surface area contributed by atoms with Crippen molar-refractivity contribution in [3.8, 4) is 5.75 Å². The number of hydrogen-bond acceptors (Lipinski definition) is 3. The number of amides is 1. The van der Waals surface area contributed by atoms with Crippen LogP contribution in [-0.4, -0.2) is 41.1 Å². The van der Waals surface area contributed by atoms with Gasteiger partial charge in [0.1, 0.15) is 11.8 Å². The molecular weight excluding hydrogens is 258 g/mol. The van der Waals surface area contributed by atoms with Gasteiger partial charge in [0.2, 0.25) is 0 Å². The normalized spacial score (nSPS) is 18.6. The second-order valence-electron chi connectivity index (χ2n) is 4.81. The first-order valence-electron chi connectivity index (χ1n) is 6.90. The highest BCUT2D eigenvalue weighted by Crippen LogP contribution is 2.21. The smallest absolute Gasteiger partial charge is 0.326 e. The van der Waals surface area contributed by atoms with Crippen molar-refractivity contribution in [3.05, 3.63) is 29.8 Å². The predicted molar refractivity (Wildman–Crippen MR) is 73.9 cm³/mol. The Bertz CT molecular complexity index is 483. The van der Waals surface area contributed by atoms with Crippen molar-refractivity contribution in [3.63, 3.8) is 0 Å². The summed E-state index contributed by atoms with van der Waals surface area (Å²) in [5, 5.41) is 9.20. The number of nitrogens with zero attached hydrogens (tertiary/aromatic N) is 1. The number of piperidine rings is 1. The summed E-state index contributed by atoms with van der Waals surface area (Å²) >= 11 is 0. The topological polar surface area (TPSA) is 66.8 Å². The van der Waals surface area contributed by atoms with Crippen LogP contribution in [0.25, 0.3) is 0 Å². The molecule has 5 nitrogen and oxygen atoms in total. The number of ether oxygens (including phenoxy) is 1. The van der Waals surface area contributed by atoms with E-state index in [1.165, 1.54) is 4.90 Å². The van der Waals surface area contributed by atoms with Gasteiger partial charge in [-0.25, -0.2) is 4.79 Å². The summed E-state index contributed by atoms with van der Waals surface area (Å²) < 4.78 is 5.33. The number of benzene rings is 1. The number of carboxylic acid groups (broad SMARTS) is 1. The van der Waals surface area contributed by atoms with Gasteiger partial charge in [0, 0.05) is 12.1 Å². The Balaban J connectivity index is 2.14. The van der Waals surface area contributed by atoms with Gasteiger partial charge in [-0.2, -0.15) is 0 Å². The lowest BCUT2D eigenvalue weighted by atomic mass is 10.0. The molecule has 1 aromatic carbocycles. The minimum atomic E-state index is -0.927. The number of aliphatic carboxylic acids is 1. The maximum Gasteiger partial charge on any atom is 0.326 e. The fourth-order valence-electron chi connectivity index (χ4n) is 2.46. The van der Waals surface area contributed by atoms with Crippen molar-refractivity contribution >= 4 is 11.9 Å². The zero-order chi connectivity index (χ0) is 14.5. The number of hydrogen-bond donors (Lipinski definition) is 1. The first-order chi connectivity index (χ1) is 9.63. The van der Waals surface area contributed by atoms with Crippen molar-refractivity contribution in [2.45, 2.75) is 32.2 Å². The van der Waals surface area contributed by atoms with Gasteiger partial charge in [0.05, 0.1) is 6.61 Å². The second kappa shape index (κ2) is 6.41. The first kappa shape index (κ1) is 14.4. The number of rotatable bonds is 4. The van der Waals surface area contributed by atoms with E-state index in [1.54, 1.807) is 24.3 Å². The van der Waals surface area contributed by atoms with Crippen LogP contribution < -0.4 is 4.74 Å². The molecule has 0 unspecified atom stereocenters. The Morgan fingerprint density at radius 3 is 2.60 bits per heavy atom. The minimum absolute atomic E-state index is 0.222. The van der Waals surface area contributed by atoms with E-state index in [-0.39, 0.29) is 5.91 Å². The summed E-state index contributed by atoms with van der Waals surface area (Å²) in [6, 6.07) is 6.12. The molecule has 0 saturated carbocycles. The highest BCUT2D eigenvalue weighted by atomic mass is 16.5. The third-order valence-electron chi connectivity index (χ3n) is 3.46. The molecule has 1 aliphatic rings. The fraction of sp³-hybridized carbons (Fsp3) is 0.467. The van der Waals surface area contributed by atoms with Crippen molar-refractivity contribution in [1.82, 2.24) is 4.90 Å². The van der Waals surface area contributed by atoms with Gasteiger partial charge in [-0.1, -0.05) is 0 Å². The van der Waals surface area contributed by atoms with Crippen LogP contribution in [0.5, 0.6) is 5.75 Å². The molecule has 0 bridgehead atoms. The van der Waals surface area contributed by atoms with Crippen LogP contribution in [0.4, 0.5) is 0 Å². The monoisotopic (exact) mass is 277 g/mol. The van der Waals surface area contributed by atoms with E-state index < -0.39 is 12.0 Å². The van der Waals surface area contributed by atoms with E-state index in [0.29, 0.717) is 30.9 Å². The SMILES string of the molecule is CCOc1ccc(C(=O)N2CCCC[C@@H]2C(=O)O)cc1. The molecule has 1 heterocycles. The molecule has 1 N–H and O–H groups in total. The van der Waals surface area contributed by atoms with Gasteiger partial charge in [-0.15, -0.1) is 0 Å². The average molecular weight is 277 g/mol. The largest absolute Gasteiger partial charge is 0.494 e. The molecule has 20 heavy (non-hydrogen) atoms. The molecule has 1 saturated heterocycles. The van der Waals surface area contributed by atoms with Crippen LogP contribution in [0, 0.1) is 0 Å². The van der Waals surface area contributed by atoms with Crippen molar-refractivity contribution in [2.75, 3.05) is 13.2 Å². The summed E-state index contributed by atoms with van der Waals surface area (Å²) in [6.07, 6.45) is 2.23. The molecule has 5 heteroatoms. The quantitative estimate of drug-likeness (QED) is 0.916. The molecule has 0 radical (unpaired) electrons. The van der Waals surface area contributed by atoms with Gasteiger partial charge in [-0.05, 0) is 50.5 Å². The lowest BCUT2D eigenvalue weighted by Gasteiger charge is -2.33. The molecule has 1 amide bonds. The summed E-state index contributed by atoms with van der Waals surface area (Å²) in [7, 11) is 0. The maximum atomic E-state index is 12.4. The van der Waals surface area contributed by atoms with Gasteiger partial charge < -0.3 is 14.7 Å². The van der Waals surface area contributed by atoms with Gasteiger partial charge >= 0.3 is 5.97 Å². The van der Waals surface area contributed by atoms with Gasteiger partial charge in [0.25, 0.3) is 5.91 Å². The first-order valence-corrected chi connectivity index (χ1v) is 6.90. The summed E-state index contributed by atoms with van der Waals surface area (Å²) in [4.78, 5) is 25.1. The Labute approximate surface area is 118 Å². The molecule has 1 atom stereocenters. The predicted octanol–water partition coefficient (Wildman–Crippen LogP) is 2.16. The molecule has 1 aliphatic heterocycles. The van der Waals surface area contributed by atoms with E-state index in [2.05, 4.69) is 0 Å². The average Bonchev–Trinajstić information content (AvgIpc) is 2.47. The van der Waals surface area contributed by atoms with Crippen LogP contribution in [-0.2, 0) is 4.79 Å². The van der Waals surface area contributed by atoms with Gasteiger partial charge in [0.15, 0.2) is 0 Å². The molecule has 2 rings (SSSR count). The third-order valence-corrected chi connectivity index (χ3v) is 3.46. The maximum absolute atomic E-state index is 12.4. The standard InChI is InChI=1S/C15H19NO4/c1-2-20-12-8-6-11(7-9-12)14(17)16-10-4-3-5-13(16)15(18)19/h6-9,13H,2-5,10H2,1H3,(H,18,19)/t13-/m1/s1. The van der Waals surface area contributed by atoms with Crippen molar-refractivity contribution in [1.29, 1.82) is 0 Å². The zero-order valence-electron chi connectivity index (χ0n) is 11.5. The van der Waals surface area contributed by atoms with Gasteiger partial charge in [-0.3, -0.25) is 4.79 Å². The summed E-state index contributed by atoms with van der Waals surface area (Å²) in [6.45, 7) is 2.97. The van der Waals surface area contributed by atoms with Crippen molar-refractivity contribution < 1.29 is 19.4 Å². The van der Waals surface area contributed by atoms with Crippen LogP contribution in [0.2, 0.25) is 0 Å². The molecule has 0 aliphatic carbocycles. The zero-order valence-corrected chi connectivity index (χ0v) is 11.5. The lowest BCUT2D eigenvalue weighted by molar-refractivity contribution is -0.143. The molecule has 1 fully saturated rings. The number of carbonyl (C=O) groups excluding carboxylic acids is 1.